The zero-order chi connectivity index (χ0) is 9.07. The molecular weight excluding hydrogens is 150 g/mol. The van der Waals surface area contributed by atoms with Gasteiger partial charge in [0.2, 0.25) is 0 Å². The van der Waals surface area contributed by atoms with Crippen LogP contribution in [0.25, 0.3) is 0 Å². The van der Waals surface area contributed by atoms with E-state index in [1.807, 2.05) is 6.92 Å². The van der Waals surface area contributed by atoms with Gasteiger partial charge in [0.05, 0.1) is 0 Å². The van der Waals surface area contributed by atoms with Crippen molar-refractivity contribution < 1.29 is 4.74 Å². The first-order valence-corrected chi connectivity index (χ1v) is 4.81. The minimum Gasteiger partial charge on any atom is -0.381 e. The highest BCUT2D eigenvalue weighted by atomic mass is 16.5. The van der Waals surface area contributed by atoms with Gasteiger partial charge in [-0.15, -0.1) is 0 Å². The second-order valence-corrected chi connectivity index (χ2v) is 2.74. The van der Waals surface area contributed by atoms with E-state index in [-0.39, 0.29) is 0 Å². The highest BCUT2D eigenvalue weighted by molar-refractivity contribution is 4.78. The maximum absolute atomic E-state index is 5.33. The van der Waals surface area contributed by atoms with Crippen LogP contribution in [0.3, 0.4) is 0 Å². The summed E-state index contributed by atoms with van der Waals surface area (Å²) < 4.78 is 5.33. The van der Waals surface area contributed by atoms with Crippen molar-refractivity contribution >= 4 is 0 Å². The van der Waals surface area contributed by atoms with Crippen molar-refractivity contribution in [1.82, 2.24) is 5.32 Å². The lowest BCUT2D eigenvalue weighted by Gasteiger charge is -2.02. The van der Waals surface area contributed by atoms with Crippen molar-refractivity contribution in [3.05, 3.63) is 12.2 Å². The summed E-state index contributed by atoms with van der Waals surface area (Å²) in [5.74, 6) is 0. The Hall–Kier alpha value is -0.340. The fourth-order valence-electron chi connectivity index (χ4n) is 0.849. The van der Waals surface area contributed by atoms with Crippen molar-refractivity contribution in [2.24, 2.45) is 0 Å². The first kappa shape index (κ1) is 11.7. The molecule has 0 radical (unpaired) electrons. The van der Waals surface area contributed by atoms with Crippen LogP contribution in [0.5, 0.6) is 0 Å². The number of allylic oxidation sites excluding steroid dienone is 1. The molecule has 0 unspecified atom stereocenters. The van der Waals surface area contributed by atoms with E-state index in [0.29, 0.717) is 0 Å². The SMILES string of the molecule is C/C=C/CNCCCOCCC. The molecule has 0 aliphatic rings. The van der Waals surface area contributed by atoms with E-state index >= 15 is 0 Å². The zero-order valence-corrected chi connectivity index (χ0v) is 8.31. The number of rotatable bonds is 8. The van der Waals surface area contributed by atoms with Crippen LogP contribution in [-0.4, -0.2) is 26.3 Å². The van der Waals surface area contributed by atoms with Gasteiger partial charge in [0.15, 0.2) is 0 Å². The Balaban J connectivity index is 2.81. The van der Waals surface area contributed by atoms with Gasteiger partial charge in [-0.3, -0.25) is 0 Å². The zero-order valence-electron chi connectivity index (χ0n) is 8.31. The minimum atomic E-state index is 0.886. The number of ether oxygens (including phenoxy) is 1. The lowest BCUT2D eigenvalue weighted by molar-refractivity contribution is 0.132. The Bertz CT molecular complexity index is 102. The van der Waals surface area contributed by atoms with Gasteiger partial charge in [-0.1, -0.05) is 19.1 Å². The second-order valence-electron chi connectivity index (χ2n) is 2.74. The topological polar surface area (TPSA) is 21.3 Å². The molecule has 0 aromatic carbocycles. The Morgan fingerprint density at radius 3 is 2.83 bits per heavy atom. The van der Waals surface area contributed by atoms with Gasteiger partial charge < -0.3 is 10.1 Å². The van der Waals surface area contributed by atoms with Crippen LogP contribution in [0, 0.1) is 0 Å². The van der Waals surface area contributed by atoms with Crippen LogP contribution >= 0.6 is 0 Å². The number of hydrogen-bond donors (Lipinski definition) is 1. The molecule has 0 fully saturated rings. The van der Waals surface area contributed by atoms with Crippen molar-refractivity contribution in [3.63, 3.8) is 0 Å². The summed E-state index contributed by atoms with van der Waals surface area (Å²) in [5, 5.41) is 3.30. The number of hydrogen-bond acceptors (Lipinski definition) is 2. The van der Waals surface area contributed by atoms with Gasteiger partial charge in [0, 0.05) is 19.8 Å². The molecule has 0 rings (SSSR count). The summed E-state index contributed by atoms with van der Waals surface area (Å²) in [6.07, 6.45) is 6.40. The Kier molecular flexibility index (Phi) is 10.4. The third-order valence-electron chi connectivity index (χ3n) is 1.49. The van der Waals surface area contributed by atoms with Gasteiger partial charge in [0.25, 0.3) is 0 Å². The van der Waals surface area contributed by atoms with Gasteiger partial charge >= 0.3 is 0 Å². The molecule has 1 N–H and O–H groups in total. The highest BCUT2D eigenvalue weighted by Gasteiger charge is 1.86. The quantitative estimate of drug-likeness (QED) is 0.445. The maximum atomic E-state index is 5.33. The second kappa shape index (κ2) is 10.7. The summed E-state index contributed by atoms with van der Waals surface area (Å²) in [4.78, 5) is 0. The average molecular weight is 171 g/mol. The molecule has 0 amide bonds. The van der Waals surface area contributed by atoms with Crippen molar-refractivity contribution in [2.45, 2.75) is 26.7 Å². The molecule has 0 atom stereocenters. The molecule has 0 saturated heterocycles. The molecule has 0 aromatic heterocycles. The van der Waals surface area contributed by atoms with Gasteiger partial charge in [0.1, 0.15) is 0 Å². The first-order valence-electron chi connectivity index (χ1n) is 4.81. The Morgan fingerprint density at radius 2 is 2.17 bits per heavy atom. The van der Waals surface area contributed by atoms with Crippen molar-refractivity contribution in [1.29, 1.82) is 0 Å². The van der Waals surface area contributed by atoms with E-state index in [4.69, 9.17) is 4.74 Å². The van der Waals surface area contributed by atoms with E-state index in [0.717, 1.165) is 39.1 Å². The normalized spacial score (nSPS) is 11.2. The molecule has 0 aromatic rings. The summed E-state index contributed by atoms with van der Waals surface area (Å²) in [6, 6.07) is 0. The Morgan fingerprint density at radius 1 is 1.33 bits per heavy atom. The summed E-state index contributed by atoms with van der Waals surface area (Å²) in [6.45, 7) is 7.97. The van der Waals surface area contributed by atoms with Gasteiger partial charge in [-0.25, -0.2) is 0 Å². The van der Waals surface area contributed by atoms with Gasteiger partial charge in [-0.05, 0) is 26.3 Å². The summed E-state index contributed by atoms with van der Waals surface area (Å²) in [5.41, 5.74) is 0. The fraction of sp³-hybridized carbons (Fsp3) is 0.800. The van der Waals surface area contributed by atoms with E-state index in [1.165, 1.54) is 0 Å². The minimum absolute atomic E-state index is 0.886. The lowest BCUT2D eigenvalue weighted by Crippen LogP contribution is -2.16. The predicted molar refractivity (Wildman–Crippen MR) is 53.4 cm³/mol. The fourth-order valence-corrected chi connectivity index (χ4v) is 0.849. The van der Waals surface area contributed by atoms with Crippen LogP contribution in [0.1, 0.15) is 26.7 Å². The molecule has 72 valence electrons. The van der Waals surface area contributed by atoms with E-state index in [2.05, 4.69) is 24.4 Å². The third-order valence-corrected chi connectivity index (χ3v) is 1.49. The molecular formula is C10H21NO. The van der Waals surface area contributed by atoms with E-state index in [9.17, 15) is 0 Å². The predicted octanol–water partition coefficient (Wildman–Crippen LogP) is 1.97. The molecule has 2 heteroatoms. The Labute approximate surface area is 76.0 Å². The monoisotopic (exact) mass is 171 g/mol. The molecule has 0 heterocycles. The van der Waals surface area contributed by atoms with Crippen LogP contribution in [0.4, 0.5) is 0 Å². The summed E-state index contributed by atoms with van der Waals surface area (Å²) in [7, 11) is 0. The standard InChI is InChI=1S/C10H21NO/c1-3-5-7-11-8-6-10-12-9-4-2/h3,5,11H,4,6-10H2,1-2H3/b5-3+. The highest BCUT2D eigenvalue weighted by Crippen LogP contribution is 1.83. The van der Waals surface area contributed by atoms with E-state index in [1.54, 1.807) is 0 Å². The molecule has 2 nitrogen and oxygen atoms in total. The average Bonchev–Trinajstić information content (AvgIpc) is 2.10. The van der Waals surface area contributed by atoms with Crippen molar-refractivity contribution in [2.75, 3.05) is 26.3 Å². The molecule has 0 spiro atoms. The molecule has 12 heavy (non-hydrogen) atoms. The van der Waals surface area contributed by atoms with Crippen molar-refractivity contribution in [3.8, 4) is 0 Å². The molecule has 0 saturated carbocycles. The lowest BCUT2D eigenvalue weighted by atomic mass is 10.4. The molecule has 0 aliphatic heterocycles. The maximum Gasteiger partial charge on any atom is 0.0478 e. The first-order chi connectivity index (χ1) is 5.91. The smallest absolute Gasteiger partial charge is 0.0478 e. The largest absolute Gasteiger partial charge is 0.381 e. The van der Waals surface area contributed by atoms with Gasteiger partial charge in [-0.2, -0.15) is 0 Å². The molecule has 0 aliphatic carbocycles. The van der Waals surface area contributed by atoms with Crippen LogP contribution in [0.15, 0.2) is 12.2 Å². The van der Waals surface area contributed by atoms with Crippen LogP contribution in [-0.2, 0) is 4.74 Å². The summed E-state index contributed by atoms with van der Waals surface area (Å²) >= 11 is 0. The van der Waals surface area contributed by atoms with E-state index < -0.39 is 0 Å². The molecule has 0 bridgehead atoms. The number of nitrogens with one attached hydrogen (secondary N) is 1. The van der Waals surface area contributed by atoms with Crippen LogP contribution < -0.4 is 5.32 Å². The van der Waals surface area contributed by atoms with Crippen LogP contribution in [0.2, 0.25) is 0 Å². The third kappa shape index (κ3) is 9.66.